The van der Waals surface area contributed by atoms with E-state index in [1.54, 1.807) is 0 Å². The van der Waals surface area contributed by atoms with Crippen LogP contribution < -0.4 is 10.2 Å². The number of ketones is 2. The number of para-hydroxylation sites is 1. The second-order valence-corrected chi connectivity index (χ2v) is 11.9. The molecule has 3 aromatic rings. The molecule has 0 radical (unpaired) electrons. The summed E-state index contributed by atoms with van der Waals surface area (Å²) < 4.78 is 0. The highest BCUT2D eigenvalue weighted by atomic mass is 16.2. The molecule has 1 N–H and O–H groups in total. The van der Waals surface area contributed by atoms with Crippen LogP contribution in [0.4, 0.5) is 11.4 Å². The van der Waals surface area contributed by atoms with E-state index in [-0.39, 0.29) is 17.5 Å². The summed E-state index contributed by atoms with van der Waals surface area (Å²) in [5.41, 5.74) is 4.00. The first-order valence-electron chi connectivity index (χ1n) is 13.2. The van der Waals surface area contributed by atoms with Crippen LogP contribution in [0.1, 0.15) is 53.4 Å². The first-order chi connectivity index (χ1) is 18.0. The van der Waals surface area contributed by atoms with Crippen LogP contribution in [0, 0.1) is 25.2 Å². The lowest BCUT2D eigenvalue weighted by molar-refractivity contribution is -0.128. The molecular formula is C33H32N2O3. The van der Waals surface area contributed by atoms with Gasteiger partial charge in [0.2, 0.25) is 5.91 Å². The molecule has 1 saturated heterocycles. The molecule has 5 heteroatoms. The molecule has 5 nitrogen and oxygen atoms in total. The summed E-state index contributed by atoms with van der Waals surface area (Å²) in [6.45, 7) is 9.68. The van der Waals surface area contributed by atoms with E-state index in [1.807, 2.05) is 107 Å². The SMILES string of the molecule is Cc1ccc(C(=O)[C@@H]2[C@H](C(=O)C(C)(C)C)N3c4ccc(C)cc4C=C[C@@H]3[C@]23C(=O)Nc2ccccc23)cc1. The van der Waals surface area contributed by atoms with Gasteiger partial charge in [0, 0.05) is 22.4 Å². The third kappa shape index (κ3) is 3.27. The van der Waals surface area contributed by atoms with Crippen LogP contribution in [-0.2, 0) is 15.0 Å². The molecule has 4 atom stereocenters. The average Bonchev–Trinajstić information content (AvgIpc) is 3.35. The van der Waals surface area contributed by atoms with Gasteiger partial charge in [0.25, 0.3) is 0 Å². The predicted molar refractivity (Wildman–Crippen MR) is 150 cm³/mol. The van der Waals surface area contributed by atoms with Crippen LogP contribution in [0.2, 0.25) is 0 Å². The summed E-state index contributed by atoms with van der Waals surface area (Å²) >= 11 is 0. The number of amides is 1. The fourth-order valence-corrected chi connectivity index (χ4v) is 6.64. The Labute approximate surface area is 223 Å². The summed E-state index contributed by atoms with van der Waals surface area (Å²) in [6, 6.07) is 19.8. The lowest BCUT2D eigenvalue weighted by atomic mass is 9.63. The smallest absolute Gasteiger partial charge is 0.238 e. The number of carbonyl (C=O) groups excluding carboxylic acids is 3. The Morgan fingerprint density at radius 2 is 1.61 bits per heavy atom. The number of Topliss-reactive ketones (excluding diaryl/α,β-unsaturated/α-hetero) is 2. The maximum Gasteiger partial charge on any atom is 0.238 e. The molecule has 1 amide bonds. The number of anilines is 2. The maximum absolute atomic E-state index is 14.6. The molecule has 0 bridgehead atoms. The fourth-order valence-electron chi connectivity index (χ4n) is 6.64. The van der Waals surface area contributed by atoms with Gasteiger partial charge in [-0.2, -0.15) is 0 Å². The molecular weight excluding hydrogens is 472 g/mol. The number of hydrogen-bond donors (Lipinski definition) is 1. The van der Waals surface area contributed by atoms with Gasteiger partial charge < -0.3 is 10.2 Å². The van der Waals surface area contributed by atoms with E-state index in [1.165, 1.54) is 0 Å². The third-order valence-corrected chi connectivity index (χ3v) is 8.41. The summed E-state index contributed by atoms with van der Waals surface area (Å²) in [7, 11) is 0. The van der Waals surface area contributed by atoms with Crippen molar-refractivity contribution in [3.63, 3.8) is 0 Å². The van der Waals surface area contributed by atoms with Crippen LogP contribution in [-0.4, -0.2) is 29.6 Å². The van der Waals surface area contributed by atoms with E-state index < -0.39 is 28.8 Å². The van der Waals surface area contributed by atoms with Crippen molar-refractivity contribution in [1.29, 1.82) is 0 Å². The number of nitrogens with zero attached hydrogens (tertiary/aromatic N) is 1. The zero-order valence-electron chi connectivity index (χ0n) is 22.4. The number of rotatable bonds is 3. The Morgan fingerprint density at radius 3 is 2.32 bits per heavy atom. The number of fused-ring (bicyclic) bond motifs is 6. The van der Waals surface area contributed by atoms with Gasteiger partial charge in [0.15, 0.2) is 11.6 Å². The van der Waals surface area contributed by atoms with Crippen LogP contribution in [0.25, 0.3) is 6.08 Å². The van der Waals surface area contributed by atoms with E-state index in [0.717, 1.165) is 27.9 Å². The first-order valence-corrected chi connectivity index (χ1v) is 13.2. The molecule has 192 valence electrons. The van der Waals surface area contributed by atoms with Crippen LogP contribution >= 0.6 is 0 Å². The highest BCUT2D eigenvalue weighted by Crippen LogP contribution is 2.58. The van der Waals surface area contributed by atoms with Crippen molar-refractivity contribution in [3.05, 3.63) is 101 Å². The van der Waals surface area contributed by atoms with Gasteiger partial charge in [-0.15, -0.1) is 0 Å². The van der Waals surface area contributed by atoms with Crippen molar-refractivity contribution in [2.45, 2.75) is 52.1 Å². The summed E-state index contributed by atoms with van der Waals surface area (Å²) in [5, 5.41) is 3.08. The molecule has 0 aliphatic carbocycles. The summed E-state index contributed by atoms with van der Waals surface area (Å²) in [4.78, 5) is 45.4. The van der Waals surface area contributed by atoms with Gasteiger partial charge in [-0.3, -0.25) is 14.4 Å². The van der Waals surface area contributed by atoms with Crippen LogP contribution in [0.5, 0.6) is 0 Å². The zero-order valence-corrected chi connectivity index (χ0v) is 22.4. The second kappa shape index (κ2) is 8.26. The number of nitrogens with one attached hydrogen (secondary N) is 1. The van der Waals surface area contributed by atoms with Crippen LogP contribution in [0.15, 0.2) is 72.8 Å². The Morgan fingerprint density at radius 1 is 0.921 bits per heavy atom. The van der Waals surface area contributed by atoms with E-state index in [4.69, 9.17) is 0 Å². The molecule has 0 aromatic heterocycles. The van der Waals surface area contributed by atoms with E-state index >= 15 is 0 Å². The number of carbonyl (C=O) groups is 3. The monoisotopic (exact) mass is 504 g/mol. The molecule has 0 unspecified atom stereocenters. The van der Waals surface area contributed by atoms with E-state index in [2.05, 4.69) is 16.3 Å². The Bertz CT molecular complexity index is 1530. The quantitative estimate of drug-likeness (QED) is 0.452. The second-order valence-electron chi connectivity index (χ2n) is 11.9. The Hall–Kier alpha value is -3.99. The highest BCUT2D eigenvalue weighted by molar-refractivity contribution is 6.17. The molecule has 6 rings (SSSR count). The average molecular weight is 505 g/mol. The number of hydrogen-bond acceptors (Lipinski definition) is 4. The predicted octanol–water partition coefficient (Wildman–Crippen LogP) is 5.89. The highest BCUT2D eigenvalue weighted by Gasteiger charge is 2.70. The molecule has 3 aliphatic heterocycles. The minimum Gasteiger partial charge on any atom is -0.352 e. The van der Waals surface area contributed by atoms with Crippen molar-refractivity contribution >= 4 is 34.9 Å². The lowest BCUT2D eigenvalue weighted by Crippen LogP contribution is -2.51. The first kappa shape index (κ1) is 24.4. The van der Waals surface area contributed by atoms with Gasteiger partial charge in [0.05, 0.1) is 12.0 Å². The normalized spacial score (nSPS) is 25.1. The summed E-state index contributed by atoms with van der Waals surface area (Å²) in [5.74, 6) is -1.38. The van der Waals surface area contributed by atoms with Gasteiger partial charge >= 0.3 is 0 Å². The lowest BCUT2D eigenvalue weighted by Gasteiger charge is -2.38. The standard InChI is InChI=1S/C33H32N2O3/c1-19-10-13-21(14-11-19)29(36)27-28(30(37)32(3,4)5)35-25-16-12-20(2)18-22(25)15-17-26(35)33(27)23-8-6-7-9-24(23)34-31(33)38/h6-18,26-28H,1-5H3,(H,34,38)/t26-,27+,28-,33+/m1/s1. The summed E-state index contributed by atoms with van der Waals surface area (Å²) in [6.07, 6.45) is 4.06. The van der Waals surface area contributed by atoms with Gasteiger partial charge in [-0.25, -0.2) is 0 Å². The van der Waals surface area contributed by atoms with Crippen molar-refractivity contribution in [1.82, 2.24) is 0 Å². The molecule has 0 saturated carbocycles. The maximum atomic E-state index is 14.6. The van der Waals surface area contributed by atoms with Crippen molar-refractivity contribution in [3.8, 4) is 0 Å². The molecule has 1 fully saturated rings. The fraction of sp³-hybridized carbons (Fsp3) is 0.303. The van der Waals surface area contributed by atoms with Crippen LogP contribution in [0.3, 0.4) is 0 Å². The van der Waals surface area contributed by atoms with Gasteiger partial charge in [-0.05, 0) is 43.2 Å². The van der Waals surface area contributed by atoms with E-state index in [0.29, 0.717) is 11.3 Å². The molecule has 3 heterocycles. The van der Waals surface area contributed by atoms with Gasteiger partial charge in [0.1, 0.15) is 11.5 Å². The largest absolute Gasteiger partial charge is 0.352 e. The Kier molecular flexibility index (Phi) is 5.29. The van der Waals surface area contributed by atoms with Crippen molar-refractivity contribution in [2.24, 2.45) is 11.3 Å². The van der Waals surface area contributed by atoms with E-state index in [9.17, 15) is 14.4 Å². The van der Waals surface area contributed by atoms with Gasteiger partial charge in [-0.1, -0.05) is 92.6 Å². The third-order valence-electron chi connectivity index (χ3n) is 8.41. The topological polar surface area (TPSA) is 66.5 Å². The molecule has 3 aliphatic rings. The Balaban J connectivity index is 1.68. The minimum absolute atomic E-state index is 0.0520. The zero-order chi connectivity index (χ0) is 27.0. The molecule has 38 heavy (non-hydrogen) atoms. The van der Waals surface area contributed by atoms with Crippen molar-refractivity contribution < 1.29 is 14.4 Å². The number of benzene rings is 3. The minimum atomic E-state index is -1.26. The molecule has 3 aromatic carbocycles. The molecule has 1 spiro atoms. The van der Waals surface area contributed by atoms with Crippen molar-refractivity contribution in [2.75, 3.05) is 10.2 Å². The number of aryl methyl sites for hydroxylation is 2.